The molecule has 0 saturated carbocycles. The minimum Gasteiger partial charge on any atom is -0.392 e. The first-order valence-electron chi connectivity index (χ1n) is 5.62. The van der Waals surface area contributed by atoms with E-state index in [1.807, 2.05) is 0 Å². The molecule has 2 aromatic rings. The van der Waals surface area contributed by atoms with Crippen molar-refractivity contribution in [3.8, 4) is 11.4 Å². The summed E-state index contributed by atoms with van der Waals surface area (Å²) in [5, 5.41) is 15.1. The van der Waals surface area contributed by atoms with Gasteiger partial charge >= 0.3 is 11.8 Å². The van der Waals surface area contributed by atoms with Crippen LogP contribution in [0.3, 0.4) is 0 Å². The van der Waals surface area contributed by atoms with E-state index < -0.39 is 12.0 Å². The van der Waals surface area contributed by atoms with E-state index in [0.717, 1.165) is 0 Å². The minimum atomic E-state index is -0.663. The van der Waals surface area contributed by atoms with E-state index in [1.54, 1.807) is 0 Å². The second-order valence-electron chi connectivity index (χ2n) is 3.99. The van der Waals surface area contributed by atoms with Crippen LogP contribution < -0.4 is 5.32 Å². The summed E-state index contributed by atoms with van der Waals surface area (Å²) < 4.78 is 17.6. The number of rotatable bonds is 4. The van der Waals surface area contributed by atoms with Crippen molar-refractivity contribution in [2.75, 3.05) is 6.54 Å². The Morgan fingerprint density at radius 2 is 2.16 bits per heavy atom. The maximum Gasteiger partial charge on any atom is 0.316 e. The number of nitrogens with zero attached hydrogens (tertiary/aromatic N) is 2. The number of hydrogen-bond donors (Lipinski definition) is 2. The number of aromatic nitrogens is 2. The van der Waals surface area contributed by atoms with Crippen molar-refractivity contribution >= 4 is 5.91 Å². The zero-order valence-electron chi connectivity index (χ0n) is 10.1. The van der Waals surface area contributed by atoms with Crippen LogP contribution in [-0.2, 0) is 0 Å². The van der Waals surface area contributed by atoms with Gasteiger partial charge in [0.2, 0.25) is 5.82 Å². The quantitative estimate of drug-likeness (QED) is 0.860. The Labute approximate surface area is 108 Å². The molecule has 0 aliphatic heterocycles. The molecule has 6 nitrogen and oxygen atoms in total. The van der Waals surface area contributed by atoms with Gasteiger partial charge in [-0.1, -0.05) is 5.16 Å². The SMILES string of the molecule is C[C@@H](O)CNC(=O)c1nc(-c2ccc(F)cc2)no1. The van der Waals surface area contributed by atoms with Crippen molar-refractivity contribution < 1.29 is 18.8 Å². The third kappa shape index (κ3) is 3.35. The molecule has 0 radical (unpaired) electrons. The Balaban J connectivity index is 2.10. The summed E-state index contributed by atoms with van der Waals surface area (Å²) in [6, 6.07) is 5.49. The third-order valence-electron chi connectivity index (χ3n) is 2.28. The normalized spacial score (nSPS) is 12.2. The van der Waals surface area contributed by atoms with Crippen LogP contribution in [0, 0.1) is 5.82 Å². The summed E-state index contributed by atoms with van der Waals surface area (Å²) >= 11 is 0. The van der Waals surface area contributed by atoms with E-state index >= 15 is 0 Å². The third-order valence-corrected chi connectivity index (χ3v) is 2.28. The predicted molar refractivity (Wildman–Crippen MR) is 63.7 cm³/mol. The lowest BCUT2D eigenvalue weighted by Crippen LogP contribution is -2.30. The number of amides is 1. The molecule has 19 heavy (non-hydrogen) atoms. The van der Waals surface area contributed by atoms with Crippen molar-refractivity contribution in [1.82, 2.24) is 15.5 Å². The molecule has 7 heteroatoms. The summed E-state index contributed by atoms with van der Waals surface area (Å²) in [6.07, 6.45) is -0.663. The molecule has 0 unspecified atom stereocenters. The van der Waals surface area contributed by atoms with E-state index in [-0.39, 0.29) is 24.1 Å². The molecular formula is C12H12FN3O3. The summed E-state index contributed by atoms with van der Waals surface area (Å²) in [5.74, 6) is -0.953. The molecule has 0 saturated heterocycles. The number of benzene rings is 1. The number of nitrogens with one attached hydrogen (secondary N) is 1. The summed E-state index contributed by atoms with van der Waals surface area (Å²) in [7, 11) is 0. The molecule has 2 N–H and O–H groups in total. The first-order chi connectivity index (χ1) is 9.06. The molecule has 100 valence electrons. The van der Waals surface area contributed by atoms with Gasteiger partial charge in [0.15, 0.2) is 0 Å². The van der Waals surface area contributed by atoms with Crippen LogP contribution in [0.25, 0.3) is 11.4 Å². The van der Waals surface area contributed by atoms with Gasteiger partial charge in [-0.25, -0.2) is 4.39 Å². The smallest absolute Gasteiger partial charge is 0.316 e. The molecule has 0 fully saturated rings. The van der Waals surface area contributed by atoms with Crippen LogP contribution in [0.2, 0.25) is 0 Å². The number of aliphatic hydroxyl groups excluding tert-OH is 1. The van der Waals surface area contributed by atoms with Crippen LogP contribution in [0.15, 0.2) is 28.8 Å². The van der Waals surface area contributed by atoms with Crippen molar-refractivity contribution in [2.45, 2.75) is 13.0 Å². The van der Waals surface area contributed by atoms with Gasteiger partial charge in [0.1, 0.15) is 5.82 Å². The van der Waals surface area contributed by atoms with Crippen molar-refractivity contribution in [2.24, 2.45) is 0 Å². The maximum absolute atomic E-state index is 12.8. The molecule has 1 heterocycles. The summed E-state index contributed by atoms with van der Waals surface area (Å²) in [6.45, 7) is 1.63. The molecule has 2 rings (SSSR count). The molecular weight excluding hydrogens is 253 g/mol. The first kappa shape index (κ1) is 13.2. The van der Waals surface area contributed by atoms with E-state index in [1.165, 1.54) is 31.2 Å². The van der Waals surface area contributed by atoms with Gasteiger partial charge in [0.05, 0.1) is 6.10 Å². The molecule has 0 spiro atoms. The van der Waals surface area contributed by atoms with E-state index in [9.17, 15) is 9.18 Å². The van der Waals surface area contributed by atoms with Crippen LogP contribution in [0.1, 0.15) is 17.6 Å². The highest BCUT2D eigenvalue weighted by molar-refractivity contribution is 5.89. The highest BCUT2D eigenvalue weighted by Crippen LogP contribution is 2.15. The van der Waals surface area contributed by atoms with Gasteiger partial charge in [-0.3, -0.25) is 4.79 Å². The predicted octanol–water partition coefficient (Wildman–Crippen LogP) is 0.986. The summed E-state index contributed by atoms with van der Waals surface area (Å²) in [4.78, 5) is 15.5. The number of hydrogen-bond acceptors (Lipinski definition) is 5. The molecule has 0 bridgehead atoms. The molecule has 1 aromatic carbocycles. The number of halogens is 1. The monoisotopic (exact) mass is 265 g/mol. The van der Waals surface area contributed by atoms with Gasteiger partial charge in [-0.15, -0.1) is 0 Å². The van der Waals surface area contributed by atoms with E-state index in [0.29, 0.717) is 5.56 Å². The lowest BCUT2D eigenvalue weighted by atomic mass is 10.2. The molecule has 1 atom stereocenters. The lowest BCUT2D eigenvalue weighted by molar-refractivity contribution is 0.0880. The fraction of sp³-hybridized carbons (Fsp3) is 0.250. The number of aliphatic hydroxyl groups is 1. The minimum absolute atomic E-state index is 0.0904. The average molecular weight is 265 g/mol. The molecule has 0 aliphatic rings. The van der Waals surface area contributed by atoms with Crippen LogP contribution in [0.5, 0.6) is 0 Å². The zero-order valence-corrected chi connectivity index (χ0v) is 10.1. The van der Waals surface area contributed by atoms with Gasteiger partial charge in [0.25, 0.3) is 0 Å². The second kappa shape index (κ2) is 5.57. The highest BCUT2D eigenvalue weighted by Gasteiger charge is 2.16. The average Bonchev–Trinajstić information content (AvgIpc) is 2.86. The fourth-order valence-electron chi connectivity index (χ4n) is 1.35. The molecule has 1 aromatic heterocycles. The van der Waals surface area contributed by atoms with Gasteiger partial charge in [-0.05, 0) is 31.2 Å². The number of carbonyl (C=O) groups is 1. The fourth-order valence-corrected chi connectivity index (χ4v) is 1.35. The topological polar surface area (TPSA) is 88.2 Å². The first-order valence-corrected chi connectivity index (χ1v) is 5.62. The van der Waals surface area contributed by atoms with E-state index in [4.69, 9.17) is 9.63 Å². The van der Waals surface area contributed by atoms with Crippen molar-refractivity contribution in [3.05, 3.63) is 36.0 Å². The Morgan fingerprint density at radius 1 is 1.47 bits per heavy atom. The Hall–Kier alpha value is -2.28. The van der Waals surface area contributed by atoms with Crippen molar-refractivity contribution in [3.63, 3.8) is 0 Å². The lowest BCUT2D eigenvalue weighted by Gasteiger charge is -2.03. The maximum atomic E-state index is 12.8. The zero-order chi connectivity index (χ0) is 13.8. The van der Waals surface area contributed by atoms with Crippen molar-refractivity contribution in [1.29, 1.82) is 0 Å². The Morgan fingerprint density at radius 3 is 2.79 bits per heavy atom. The summed E-state index contributed by atoms with van der Waals surface area (Å²) in [5.41, 5.74) is 0.541. The van der Waals surface area contributed by atoms with Crippen LogP contribution in [-0.4, -0.2) is 33.8 Å². The molecule has 1 amide bonds. The highest BCUT2D eigenvalue weighted by atomic mass is 19.1. The molecule has 0 aliphatic carbocycles. The largest absolute Gasteiger partial charge is 0.392 e. The van der Waals surface area contributed by atoms with Gasteiger partial charge in [0, 0.05) is 12.1 Å². The van der Waals surface area contributed by atoms with E-state index in [2.05, 4.69) is 15.5 Å². The van der Waals surface area contributed by atoms with Crippen LogP contribution in [0.4, 0.5) is 4.39 Å². The standard InChI is InChI=1S/C12H12FN3O3/c1-7(17)6-14-11(18)12-15-10(16-19-12)8-2-4-9(13)5-3-8/h2-5,7,17H,6H2,1H3,(H,14,18)/t7-/m1/s1. The Bertz CT molecular complexity index is 566. The van der Waals surface area contributed by atoms with Crippen LogP contribution >= 0.6 is 0 Å². The van der Waals surface area contributed by atoms with Gasteiger partial charge in [-0.2, -0.15) is 4.98 Å². The second-order valence-corrected chi connectivity index (χ2v) is 3.99. The number of carbonyl (C=O) groups excluding carboxylic acids is 1. The van der Waals surface area contributed by atoms with Gasteiger partial charge < -0.3 is 14.9 Å². The Kier molecular flexibility index (Phi) is 3.86.